The maximum absolute atomic E-state index is 11.9. The van der Waals surface area contributed by atoms with Gasteiger partial charge in [0.15, 0.2) is 0 Å². The third-order valence-corrected chi connectivity index (χ3v) is 3.81. The molecule has 0 aliphatic carbocycles. The van der Waals surface area contributed by atoms with Gasteiger partial charge in [0.25, 0.3) is 0 Å². The molecule has 146 valence electrons. The number of aryl methyl sites for hydroxylation is 1. The van der Waals surface area contributed by atoms with Gasteiger partial charge >= 0.3 is 0 Å². The molecule has 0 aliphatic rings. The van der Waals surface area contributed by atoms with Crippen molar-refractivity contribution in [2.45, 2.75) is 26.8 Å². The Hall–Kier alpha value is -2.57. The highest BCUT2D eigenvalue weighted by molar-refractivity contribution is 5.95. The molecule has 2 aromatic rings. The van der Waals surface area contributed by atoms with E-state index in [1.165, 1.54) is 0 Å². The Morgan fingerprint density at radius 1 is 1.07 bits per heavy atom. The highest BCUT2D eigenvalue weighted by Gasteiger charge is 2.17. The molecule has 0 spiro atoms. The third-order valence-electron chi connectivity index (χ3n) is 3.81. The number of carbonyl (C=O) groups excluding carboxylic acids is 2. The molecule has 6 nitrogen and oxygen atoms in total. The summed E-state index contributed by atoms with van der Waals surface area (Å²) in [5.74, 6) is 0.786. The van der Waals surface area contributed by atoms with E-state index in [9.17, 15) is 9.59 Å². The van der Waals surface area contributed by atoms with Crippen LogP contribution < -0.4 is 21.1 Å². The summed E-state index contributed by atoms with van der Waals surface area (Å²) in [4.78, 5) is 23.7. The van der Waals surface area contributed by atoms with Crippen molar-refractivity contribution >= 4 is 29.9 Å². The van der Waals surface area contributed by atoms with Crippen LogP contribution in [0.3, 0.4) is 0 Å². The first-order valence-corrected chi connectivity index (χ1v) is 8.53. The first-order valence-electron chi connectivity index (χ1n) is 8.53. The Morgan fingerprint density at radius 2 is 1.74 bits per heavy atom. The quantitative estimate of drug-likeness (QED) is 0.675. The maximum atomic E-state index is 11.9. The lowest BCUT2D eigenvalue weighted by atomic mass is 10.1. The summed E-state index contributed by atoms with van der Waals surface area (Å²) in [5.41, 5.74) is 7.47. The predicted octanol–water partition coefficient (Wildman–Crippen LogP) is 3.25. The molecule has 0 saturated heterocycles. The molecular weight excluding hydrogens is 366 g/mol. The van der Waals surface area contributed by atoms with E-state index in [2.05, 4.69) is 10.6 Å². The van der Waals surface area contributed by atoms with Gasteiger partial charge in [-0.3, -0.25) is 9.59 Å². The lowest BCUT2D eigenvalue weighted by molar-refractivity contribution is -0.125. The van der Waals surface area contributed by atoms with Crippen LogP contribution in [0.2, 0.25) is 0 Å². The van der Waals surface area contributed by atoms with Crippen LogP contribution in [0.4, 0.5) is 5.69 Å². The largest absolute Gasteiger partial charge is 0.457 e. The summed E-state index contributed by atoms with van der Waals surface area (Å²) in [6.07, 6.45) is 0. The van der Waals surface area contributed by atoms with Crippen molar-refractivity contribution in [1.82, 2.24) is 5.32 Å². The summed E-state index contributed by atoms with van der Waals surface area (Å²) in [6, 6.07) is 14.1. The van der Waals surface area contributed by atoms with Crippen molar-refractivity contribution in [3.05, 3.63) is 54.1 Å². The van der Waals surface area contributed by atoms with Gasteiger partial charge in [0, 0.05) is 5.69 Å². The van der Waals surface area contributed by atoms with Gasteiger partial charge in [-0.15, -0.1) is 12.4 Å². The number of nitrogens with one attached hydrogen (secondary N) is 2. The van der Waals surface area contributed by atoms with Gasteiger partial charge in [0.05, 0.1) is 12.6 Å². The molecule has 2 amide bonds. The smallest absolute Gasteiger partial charge is 0.243 e. The zero-order valence-corrected chi connectivity index (χ0v) is 16.5. The van der Waals surface area contributed by atoms with Crippen LogP contribution in [0.15, 0.2) is 48.5 Å². The van der Waals surface area contributed by atoms with E-state index in [4.69, 9.17) is 10.5 Å². The third kappa shape index (κ3) is 7.29. The summed E-state index contributed by atoms with van der Waals surface area (Å²) >= 11 is 0. The summed E-state index contributed by atoms with van der Waals surface area (Å²) < 4.78 is 5.76. The molecular formula is C20H26ClN3O3. The second kappa shape index (κ2) is 10.5. The monoisotopic (exact) mass is 391 g/mol. The van der Waals surface area contributed by atoms with E-state index in [1.54, 1.807) is 24.3 Å². The van der Waals surface area contributed by atoms with Crippen molar-refractivity contribution < 1.29 is 14.3 Å². The Labute approximate surface area is 165 Å². The Bertz CT molecular complexity index is 763. The standard InChI is InChI=1S/C20H25N3O3.ClH/c1-13(2)19(21)20(25)22-12-18(24)23-15-7-9-16(10-8-15)26-17-6-4-5-14(3)11-17;/h4-11,13,19H,12,21H2,1-3H3,(H,22,25)(H,23,24);1H/t19-;/m0./s1. The first kappa shape index (κ1) is 22.5. The summed E-state index contributed by atoms with van der Waals surface area (Å²) in [6.45, 7) is 5.58. The van der Waals surface area contributed by atoms with Crippen LogP contribution in [0, 0.1) is 12.8 Å². The number of benzene rings is 2. The minimum absolute atomic E-state index is 0. The molecule has 0 saturated carbocycles. The van der Waals surface area contributed by atoms with Gasteiger partial charge in [-0.1, -0.05) is 26.0 Å². The lowest BCUT2D eigenvalue weighted by Gasteiger charge is -2.15. The summed E-state index contributed by atoms with van der Waals surface area (Å²) in [5, 5.41) is 5.25. The van der Waals surface area contributed by atoms with Crippen LogP contribution in [-0.2, 0) is 9.59 Å². The number of nitrogens with two attached hydrogens (primary N) is 1. The molecule has 0 unspecified atom stereocenters. The van der Waals surface area contributed by atoms with Gasteiger partial charge in [-0.2, -0.15) is 0 Å². The predicted molar refractivity (Wildman–Crippen MR) is 109 cm³/mol. The van der Waals surface area contributed by atoms with E-state index in [-0.39, 0.29) is 36.7 Å². The fourth-order valence-corrected chi connectivity index (χ4v) is 2.21. The molecule has 0 bridgehead atoms. The fraction of sp³-hybridized carbons (Fsp3) is 0.300. The first-order chi connectivity index (χ1) is 12.3. The fourth-order valence-electron chi connectivity index (χ4n) is 2.21. The number of hydrogen-bond acceptors (Lipinski definition) is 4. The molecule has 0 aromatic heterocycles. The highest BCUT2D eigenvalue weighted by atomic mass is 35.5. The van der Waals surface area contributed by atoms with Crippen molar-refractivity contribution in [2.24, 2.45) is 11.7 Å². The average Bonchev–Trinajstić information content (AvgIpc) is 2.60. The van der Waals surface area contributed by atoms with Crippen LogP contribution in [0.5, 0.6) is 11.5 Å². The molecule has 7 heteroatoms. The van der Waals surface area contributed by atoms with Gasteiger partial charge in [0.2, 0.25) is 11.8 Å². The normalized spacial score (nSPS) is 11.3. The van der Waals surface area contributed by atoms with E-state index < -0.39 is 6.04 Å². The SMILES string of the molecule is Cc1cccc(Oc2ccc(NC(=O)CNC(=O)[C@@H](N)C(C)C)cc2)c1.Cl. The number of ether oxygens (including phenoxy) is 1. The maximum Gasteiger partial charge on any atom is 0.243 e. The van der Waals surface area contributed by atoms with E-state index >= 15 is 0 Å². The van der Waals surface area contributed by atoms with Gasteiger partial charge in [0.1, 0.15) is 11.5 Å². The van der Waals surface area contributed by atoms with Gasteiger partial charge in [-0.25, -0.2) is 0 Å². The Morgan fingerprint density at radius 3 is 2.33 bits per heavy atom. The van der Waals surface area contributed by atoms with Crippen molar-refractivity contribution in [2.75, 3.05) is 11.9 Å². The van der Waals surface area contributed by atoms with Crippen LogP contribution in [0.25, 0.3) is 0 Å². The zero-order chi connectivity index (χ0) is 19.1. The molecule has 0 aliphatic heterocycles. The van der Waals surface area contributed by atoms with Crippen molar-refractivity contribution in [1.29, 1.82) is 0 Å². The Kier molecular flexibility index (Phi) is 8.78. The van der Waals surface area contributed by atoms with Gasteiger partial charge in [-0.05, 0) is 54.8 Å². The highest BCUT2D eigenvalue weighted by Crippen LogP contribution is 2.23. The second-order valence-corrected chi connectivity index (χ2v) is 6.48. The number of halogens is 1. The van der Waals surface area contributed by atoms with E-state index in [0.29, 0.717) is 11.4 Å². The van der Waals surface area contributed by atoms with E-state index in [1.807, 2.05) is 45.0 Å². The van der Waals surface area contributed by atoms with Crippen LogP contribution in [-0.4, -0.2) is 24.4 Å². The summed E-state index contributed by atoms with van der Waals surface area (Å²) in [7, 11) is 0. The number of carbonyl (C=O) groups is 2. The molecule has 2 aromatic carbocycles. The number of anilines is 1. The number of hydrogen-bond donors (Lipinski definition) is 3. The second-order valence-electron chi connectivity index (χ2n) is 6.48. The van der Waals surface area contributed by atoms with Crippen molar-refractivity contribution in [3.8, 4) is 11.5 Å². The molecule has 0 radical (unpaired) electrons. The average molecular weight is 392 g/mol. The molecule has 0 heterocycles. The van der Waals surface area contributed by atoms with Crippen LogP contribution >= 0.6 is 12.4 Å². The molecule has 4 N–H and O–H groups in total. The van der Waals surface area contributed by atoms with Crippen LogP contribution in [0.1, 0.15) is 19.4 Å². The zero-order valence-electron chi connectivity index (χ0n) is 15.7. The van der Waals surface area contributed by atoms with Crippen molar-refractivity contribution in [3.63, 3.8) is 0 Å². The topological polar surface area (TPSA) is 93.5 Å². The molecule has 1 atom stereocenters. The number of amides is 2. The minimum Gasteiger partial charge on any atom is -0.457 e. The van der Waals surface area contributed by atoms with Gasteiger partial charge < -0.3 is 21.1 Å². The number of rotatable bonds is 7. The molecule has 2 rings (SSSR count). The molecule has 0 fully saturated rings. The Balaban J connectivity index is 0.00000364. The molecule has 27 heavy (non-hydrogen) atoms. The lowest BCUT2D eigenvalue weighted by Crippen LogP contribution is -2.46. The minimum atomic E-state index is -0.624. The van der Waals surface area contributed by atoms with E-state index in [0.717, 1.165) is 11.3 Å².